The van der Waals surface area contributed by atoms with Crippen LogP contribution in [0.1, 0.15) is 16.9 Å². The Morgan fingerprint density at radius 2 is 2.07 bits per heavy atom. The lowest BCUT2D eigenvalue weighted by molar-refractivity contribution is -0.131. The summed E-state index contributed by atoms with van der Waals surface area (Å²) in [7, 11) is 0. The van der Waals surface area contributed by atoms with Gasteiger partial charge in [0.2, 0.25) is 6.10 Å². The molecule has 1 aliphatic rings. The van der Waals surface area contributed by atoms with Gasteiger partial charge in [0.25, 0.3) is 5.91 Å². The zero-order valence-corrected chi connectivity index (χ0v) is 16.5. The lowest BCUT2D eigenvalue weighted by atomic mass is 10.0. The fourth-order valence-corrected chi connectivity index (χ4v) is 4.00. The third-order valence-corrected chi connectivity index (χ3v) is 5.50. The Bertz CT molecular complexity index is 1000. The number of nitrogens with one attached hydrogen (secondary N) is 1. The van der Waals surface area contributed by atoms with Crippen molar-refractivity contribution in [1.29, 1.82) is 0 Å². The Morgan fingerprint density at radius 1 is 1.21 bits per heavy atom. The number of hydrogen-bond donors (Lipinski definition) is 1. The molecule has 1 amide bonds. The third kappa shape index (κ3) is 4.40. The second-order valence-electron chi connectivity index (χ2n) is 6.47. The van der Waals surface area contributed by atoms with Gasteiger partial charge in [-0.05, 0) is 17.7 Å². The molecule has 0 fully saturated rings. The molecular formula is C21H18ClN3O2S. The molecule has 142 valence electrons. The fourth-order valence-electron chi connectivity index (χ4n) is 3.06. The number of aromatic nitrogens is 1. The maximum absolute atomic E-state index is 12.5. The molecule has 2 aromatic carbocycles. The Balaban J connectivity index is 1.32. The summed E-state index contributed by atoms with van der Waals surface area (Å²) in [6.45, 7) is 0.414. The number of carbonyl (C=O) groups excluding carboxylic acids is 1. The molecule has 1 atom stereocenters. The fraction of sp³-hybridized carbons (Fsp3) is 0.190. The molecule has 0 radical (unpaired) electrons. The maximum Gasteiger partial charge on any atom is 0.264 e. The summed E-state index contributed by atoms with van der Waals surface area (Å²) in [6.07, 6.45) is 0.506. The van der Waals surface area contributed by atoms with Crippen molar-refractivity contribution >= 4 is 34.6 Å². The number of thiazole rings is 1. The van der Waals surface area contributed by atoms with Gasteiger partial charge in [0.15, 0.2) is 0 Å². The van der Waals surface area contributed by atoms with E-state index >= 15 is 0 Å². The number of nitrogens with zero attached hydrogens (tertiary/aromatic N) is 2. The zero-order valence-electron chi connectivity index (χ0n) is 15.0. The van der Waals surface area contributed by atoms with Crippen molar-refractivity contribution < 1.29 is 9.63 Å². The Labute approximate surface area is 172 Å². The average molecular weight is 412 g/mol. The molecule has 1 N–H and O–H groups in total. The molecule has 7 heteroatoms. The first-order valence-corrected chi connectivity index (χ1v) is 10.2. The van der Waals surface area contributed by atoms with Crippen molar-refractivity contribution in [3.8, 4) is 11.3 Å². The van der Waals surface area contributed by atoms with Gasteiger partial charge in [-0.3, -0.25) is 4.79 Å². The molecular weight excluding hydrogens is 394 g/mol. The predicted octanol–water partition coefficient (Wildman–Crippen LogP) is 4.47. The van der Waals surface area contributed by atoms with Gasteiger partial charge >= 0.3 is 0 Å². The Morgan fingerprint density at radius 3 is 2.89 bits per heavy atom. The molecule has 0 saturated heterocycles. The van der Waals surface area contributed by atoms with Gasteiger partial charge in [-0.15, -0.1) is 11.3 Å². The summed E-state index contributed by atoms with van der Waals surface area (Å²) in [5, 5.41) is 7.70. The highest BCUT2D eigenvalue weighted by atomic mass is 35.5. The molecule has 0 aliphatic carbocycles. The largest absolute Gasteiger partial charge is 0.382 e. The molecule has 3 aromatic rings. The first kappa shape index (κ1) is 18.7. The average Bonchev–Trinajstić information content (AvgIpc) is 3.36. The lowest BCUT2D eigenvalue weighted by Gasteiger charge is -2.09. The number of hydrogen-bond acceptors (Lipinski definition) is 5. The predicted molar refractivity (Wildman–Crippen MR) is 111 cm³/mol. The molecule has 5 nitrogen and oxygen atoms in total. The number of carbonyl (C=O) groups is 1. The molecule has 0 unspecified atom stereocenters. The summed E-state index contributed by atoms with van der Waals surface area (Å²) in [4.78, 5) is 23.3. The van der Waals surface area contributed by atoms with E-state index < -0.39 is 6.10 Å². The first-order chi connectivity index (χ1) is 13.7. The minimum atomic E-state index is -0.595. The van der Waals surface area contributed by atoms with Crippen LogP contribution in [0.3, 0.4) is 0 Å². The summed E-state index contributed by atoms with van der Waals surface area (Å²) >= 11 is 7.54. The number of rotatable bonds is 6. The van der Waals surface area contributed by atoms with E-state index in [0.29, 0.717) is 24.4 Å². The highest BCUT2D eigenvalue weighted by Gasteiger charge is 2.28. The van der Waals surface area contributed by atoms with E-state index in [4.69, 9.17) is 16.4 Å². The van der Waals surface area contributed by atoms with Crippen molar-refractivity contribution in [2.45, 2.75) is 25.5 Å². The minimum absolute atomic E-state index is 0.169. The highest BCUT2D eigenvalue weighted by molar-refractivity contribution is 7.10. The van der Waals surface area contributed by atoms with Crippen LogP contribution in [0.25, 0.3) is 11.3 Å². The molecule has 0 spiro atoms. The topological polar surface area (TPSA) is 63.6 Å². The standard InChI is InChI=1S/C21H18ClN3O2S/c22-16-8-4-5-14(9-16)10-17-11-18(27-25-17)21(26)23-12-19-20(24-13-28-19)15-6-2-1-3-7-15/h1-9,13,18H,10-12H2,(H,23,26)/t18-/m1/s1. The van der Waals surface area contributed by atoms with Gasteiger partial charge < -0.3 is 10.2 Å². The number of oxime groups is 1. The molecule has 1 aromatic heterocycles. The SMILES string of the molecule is O=C(NCc1scnc1-c1ccccc1)[C@H]1CC(Cc2cccc(Cl)c2)=NO1. The van der Waals surface area contributed by atoms with Crippen LogP contribution >= 0.6 is 22.9 Å². The van der Waals surface area contributed by atoms with Crippen LogP contribution in [-0.4, -0.2) is 22.7 Å². The summed E-state index contributed by atoms with van der Waals surface area (Å²) in [5.74, 6) is -0.169. The monoisotopic (exact) mass is 411 g/mol. The van der Waals surface area contributed by atoms with Gasteiger partial charge in [-0.25, -0.2) is 4.98 Å². The van der Waals surface area contributed by atoms with E-state index in [-0.39, 0.29) is 5.91 Å². The molecule has 0 saturated carbocycles. The van der Waals surface area contributed by atoms with E-state index in [1.54, 1.807) is 5.51 Å². The molecule has 2 heterocycles. The van der Waals surface area contributed by atoms with Gasteiger partial charge in [0.05, 0.1) is 28.3 Å². The quantitative estimate of drug-likeness (QED) is 0.651. The van der Waals surface area contributed by atoms with Crippen LogP contribution in [0, 0.1) is 0 Å². The van der Waals surface area contributed by atoms with Crippen molar-refractivity contribution in [2.24, 2.45) is 5.16 Å². The third-order valence-electron chi connectivity index (χ3n) is 4.43. The van der Waals surface area contributed by atoms with Crippen LogP contribution < -0.4 is 5.32 Å². The second kappa shape index (κ2) is 8.54. The molecule has 0 bridgehead atoms. The number of amides is 1. The van der Waals surface area contributed by atoms with Crippen molar-refractivity contribution in [3.63, 3.8) is 0 Å². The van der Waals surface area contributed by atoms with E-state index in [9.17, 15) is 4.79 Å². The highest BCUT2D eigenvalue weighted by Crippen LogP contribution is 2.25. The minimum Gasteiger partial charge on any atom is -0.382 e. The number of benzene rings is 2. The summed E-state index contributed by atoms with van der Waals surface area (Å²) < 4.78 is 0. The van der Waals surface area contributed by atoms with Crippen molar-refractivity contribution in [1.82, 2.24) is 10.3 Å². The van der Waals surface area contributed by atoms with Crippen molar-refractivity contribution in [3.05, 3.63) is 75.6 Å². The van der Waals surface area contributed by atoms with Gasteiger partial charge in [0, 0.05) is 23.4 Å². The Hall–Kier alpha value is -2.70. The van der Waals surface area contributed by atoms with Gasteiger partial charge in [-0.2, -0.15) is 0 Å². The lowest BCUT2D eigenvalue weighted by Crippen LogP contribution is -2.34. The Kier molecular flexibility index (Phi) is 5.69. The summed E-state index contributed by atoms with van der Waals surface area (Å²) in [5.41, 5.74) is 5.62. The molecule has 4 rings (SSSR count). The maximum atomic E-state index is 12.5. The molecule has 1 aliphatic heterocycles. The van der Waals surface area contributed by atoms with E-state index in [1.165, 1.54) is 11.3 Å². The van der Waals surface area contributed by atoms with Crippen LogP contribution in [0.5, 0.6) is 0 Å². The van der Waals surface area contributed by atoms with Gasteiger partial charge in [0.1, 0.15) is 0 Å². The summed E-state index contributed by atoms with van der Waals surface area (Å²) in [6, 6.07) is 17.5. The van der Waals surface area contributed by atoms with Crippen LogP contribution in [0.4, 0.5) is 0 Å². The van der Waals surface area contributed by atoms with Crippen LogP contribution in [-0.2, 0) is 22.6 Å². The van der Waals surface area contributed by atoms with E-state index in [2.05, 4.69) is 15.5 Å². The first-order valence-electron chi connectivity index (χ1n) is 8.90. The zero-order chi connectivity index (χ0) is 19.3. The smallest absolute Gasteiger partial charge is 0.264 e. The normalized spacial score (nSPS) is 15.8. The second-order valence-corrected chi connectivity index (χ2v) is 7.85. The molecule has 28 heavy (non-hydrogen) atoms. The van der Waals surface area contributed by atoms with E-state index in [1.807, 2.05) is 54.6 Å². The van der Waals surface area contributed by atoms with Gasteiger partial charge in [-0.1, -0.05) is 59.2 Å². The van der Waals surface area contributed by atoms with E-state index in [0.717, 1.165) is 27.4 Å². The van der Waals surface area contributed by atoms with Crippen LogP contribution in [0.2, 0.25) is 5.02 Å². The van der Waals surface area contributed by atoms with Crippen LogP contribution in [0.15, 0.2) is 65.3 Å². The number of halogens is 1. The van der Waals surface area contributed by atoms with Crippen molar-refractivity contribution in [2.75, 3.05) is 0 Å².